The Hall–Kier alpha value is -2.96. The Morgan fingerprint density at radius 1 is 1.00 bits per heavy atom. The van der Waals surface area contributed by atoms with Crippen molar-refractivity contribution in [2.75, 3.05) is 0 Å². The Bertz CT molecular complexity index is 1160. The Kier molecular flexibility index (Phi) is 7.71. The summed E-state index contributed by atoms with van der Waals surface area (Å²) in [6.07, 6.45) is 9.51. The van der Waals surface area contributed by atoms with Crippen LogP contribution < -0.4 is 5.32 Å². The molecule has 39 heavy (non-hydrogen) atoms. The first kappa shape index (κ1) is 27.6. The SMILES string of the molecule is C[C@]12CC[C@H]3[C@@H](CCC4=CC(=O)CC[C@@]43C)[C@@H]1CC[C@H]2OC(=O)CCC(=O)N[C@H](Cc1ccccc1)C(=O)O. The van der Waals surface area contributed by atoms with Crippen LogP contribution in [0.4, 0.5) is 0 Å². The number of rotatable bonds is 8. The zero-order valence-corrected chi connectivity index (χ0v) is 23.1. The average molecular weight is 536 g/mol. The van der Waals surface area contributed by atoms with Gasteiger partial charge in [0.05, 0.1) is 6.42 Å². The van der Waals surface area contributed by atoms with E-state index in [0.29, 0.717) is 24.2 Å². The largest absolute Gasteiger partial charge is 0.480 e. The van der Waals surface area contributed by atoms with E-state index < -0.39 is 17.9 Å². The lowest BCUT2D eigenvalue weighted by atomic mass is 9.47. The van der Waals surface area contributed by atoms with Crippen molar-refractivity contribution in [3.63, 3.8) is 0 Å². The second-order valence-electron chi connectivity index (χ2n) is 12.7. The van der Waals surface area contributed by atoms with Gasteiger partial charge in [-0.3, -0.25) is 14.4 Å². The summed E-state index contributed by atoms with van der Waals surface area (Å²) in [5.74, 6) is -0.00180. The van der Waals surface area contributed by atoms with Crippen LogP contribution in [0.1, 0.15) is 83.6 Å². The maximum atomic E-state index is 12.8. The van der Waals surface area contributed by atoms with Crippen molar-refractivity contribution in [2.45, 2.75) is 96.6 Å². The fraction of sp³-hybridized carbons (Fsp3) is 0.625. The van der Waals surface area contributed by atoms with Crippen LogP contribution in [0.2, 0.25) is 0 Å². The lowest BCUT2D eigenvalue weighted by Gasteiger charge is -2.57. The molecule has 0 aromatic heterocycles. The van der Waals surface area contributed by atoms with Gasteiger partial charge >= 0.3 is 11.9 Å². The van der Waals surface area contributed by atoms with E-state index in [0.717, 1.165) is 50.5 Å². The number of hydrogen-bond acceptors (Lipinski definition) is 5. The molecule has 210 valence electrons. The lowest BCUT2D eigenvalue weighted by molar-refractivity contribution is -0.160. The van der Waals surface area contributed by atoms with E-state index in [1.54, 1.807) is 0 Å². The Morgan fingerprint density at radius 2 is 1.77 bits per heavy atom. The van der Waals surface area contributed by atoms with E-state index in [1.807, 2.05) is 36.4 Å². The number of hydrogen-bond donors (Lipinski definition) is 2. The molecule has 0 aliphatic heterocycles. The van der Waals surface area contributed by atoms with Crippen LogP contribution in [0.3, 0.4) is 0 Å². The molecule has 0 heterocycles. The summed E-state index contributed by atoms with van der Waals surface area (Å²) in [5.41, 5.74) is 2.23. The van der Waals surface area contributed by atoms with Gasteiger partial charge in [0.25, 0.3) is 0 Å². The summed E-state index contributed by atoms with van der Waals surface area (Å²) in [6.45, 7) is 4.65. The highest BCUT2D eigenvalue weighted by Crippen LogP contribution is 2.65. The molecular weight excluding hydrogens is 494 g/mol. The number of ketones is 1. The predicted octanol–water partition coefficient (Wildman–Crippen LogP) is 5.02. The number of amides is 1. The normalized spacial score (nSPS) is 34.1. The van der Waals surface area contributed by atoms with E-state index >= 15 is 0 Å². The first-order valence-electron chi connectivity index (χ1n) is 14.6. The molecule has 0 saturated heterocycles. The quantitative estimate of drug-likeness (QED) is 0.452. The van der Waals surface area contributed by atoms with Crippen LogP contribution in [-0.2, 0) is 30.3 Å². The van der Waals surface area contributed by atoms with Crippen LogP contribution in [0, 0.1) is 28.6 Å². The molecule has 4 aliphatic carbocycles. The summed E-state index contributed by atoms with van der Waals surface area (Å²) < 4.78 is 6.02. The van der Waals surface area contributed by atoms with Crippen molar-refractivity contribution >= 4 is 23.6 Å². The third kappa shape index (κ3) is 5.42. The maximum absolute atomic E-state index is 12.8. The zero-order chi connectivity index (χ0) is 27.8. The third-order valence-electron chi connectivity index (χ3n) is 10.6. The van der Waals surface area contributed by atoms with E-state index in [1.165, 1.54) is 5.57 Å². The molecule has 3 fully saturated rings. The van der Waals surface area contributed by atoms with Gasteiger partial charge in [0.15, 0.2) is 5.78 Å². The fourth-order valence-corrected chi connectivity index (χ4v) is 8.45. The number of allylic oxidation sites excluding steroid dienone is 1. The van der Waals surface area contributed by atoms with Gasteiger partial charge in [-0.15, -0.1) is 0 Å². The highest BCUT2D eigenvalue weighted by Gasteiger charge is 2.59. The van der Waals surface area contributed by atoms with Crippen molar-refractivity contribution in [3.05, 3.63) is 47.5 Å². The molecule has 0 radical (unpaired) electrons. The van der Waals surface area contributed by atoms with Crippen molar-refractivity contribution in [2.24, 2.45) is 28.6 Å². The van der Waals surface area contributed by atoms with Gasteiger partial charge in [-0.25, -0.2) is 4.79 Å². The molecule has 7 heteroatoms. The molecule has 0 unspecified atom stereocenters. The van der Waals surface area contributed by atoms with Crippen LogP contribution in [0.25, 0.3) is 0 Å². The number of nitrogens with one attached hydrogen (secondary N) is 1. The van der Waals surface area contributed by atoms with Crippen LogP contribution in [0.5, 0.6) is 0 Å². The monoisotopic (exact) mass is 535 g/mol. The molecular formula is C32H41NO6. The van der Waals surface area contributed by atoms with Crippen LogP contribution >= 0.6 is 0 Å². The van der Waals surface area contributed by atoms with Crippen molar-refractivity contribution in [1.29, 1.82) is 0 Å². The first-order valence-corrected chi connectivity index (χ1v) is 14.6. The molecule has 1 aromatic rings. The highest BCUT2D eigenvalue weighted by molar-refractivity contribution is 5.91. The number of ether oxygens (including phenoxy) is 1. The summed E-state index contributed by atoms with van der Waals surface area (Å²) >= 11 is 0. The van der Waals surface area contributed by atoms with Gasteiger partial charge in [-0.2, -0.15) is 0 Å². The minimum absolute atomic E-state index is 0.0624. The summed E-state index contributed by atoms with van der Waals surface area (Å²) in [5, 5.41) is 12.1. The highest BCUT2D eigenvalue weighted by atomic mass is 16.5. The summed E-state index contributed by atoms with van der Waals surface area (Å²) in [7, 11) is 0. The Balaban J connectivity index is 1.15. The number of esters is 1. The smallest absolute Gasteiger partial charge is 0.326 e. The van der Waals surface area contributed by atoms with Crippen molar-refractivity contribution < 1.29 is 29.0 Å². The summed E-state index contributed by atoms with van der Waals surface area (Å²) in [6, 6.07) is 8.10. The minimum Gasteiger partial charge on any atom is -0.480 e. The number of carbonyl (C=O) groups excluding carboxylic acids is 3. The average Bonchev–Trinajstić information content (AvgIpc) is 3.24. The van der Waals surface area contributed by atoms with E-state index in [4.69, 9.17) is 4.74 Å². The summed E-state index contributed by atoms with van der Waals surface area (Å²) in [4.78, 5) is 49.1. The Labute approximate surface area is 230 Å². The van der Waals surface area contributed by atoms with Gasteiger partial charge in [0.1, 0.15) is 12.1 Å². The number of carboxylic acid groups (broad SMARTS) is 1. The van der Waals surface area contributed by atoms with Crippen LogP contribution in [-0.4, -0.2) is 40.9 Å². The molecule has 3 saturated carbocycles. The Morgan fingerprint density at radius 3 is 2.51 bits per heavy atom. The van der Waals surface area contributed by atoms with Gasteiger partial charge in [0.2, 0.25) is 5.91 Å². The second-order valence-corrected chi connectivity index (χ2v) is 12.7. The molecule has 4 aliphatic rings. The van der Waals surface area contributed by atoms with Crippen molar-refractivity contribution in [3.8, 4) is 0 Å². The first-order chi connectivity index (χ1) is 18.6. The van der Waals surface area contributed by atoms with E-state index in [9.17, 15) is 24.3 Å². The predicted molar refractivity (Wildman–Crippen MR) is 146 cm³/mol. The number of benzene rings is 1. The molecule has 7 atom stereocenters. The lowest BCUT2D eigenvalue weighted by Crippen LogP contribution is -2.51. The minimum atomic E-state index is -1.10. The molecule has 0 bridgehead atoms. The van der Waals surface area contributed by atoms with Gasteiger partial charge in [-0.05, 0) is 79.8 Å². The number of carbonyl (C=O) groups is 4. The van der Waals surface area contributed by atoms with E-state index in [-0.39, 0.29) is 47.9 Å². The number of fused-ring (bicyclic) bond motifs is 5. The fourth-order valence-electron chi connectivity index (χ4n) is 8.45. The molecule has 1 amide bonds. The van der Waals surface area contributed by atoms with Gasteiger partial charge in [0, 0.05) is 24.7 Å². The number of carboxylic acids is 1. The van der Waals surface area contributed by atoms with E-state index in [2.05, 4.69) is 19.2 Å². The van der Waals surface area contributed by atoms with Crippen molar-refractivity contribution in [1.82, 2.24) is 5.32 Å². The molecule has 2 N–H and O–H groups in total. The maximum Gasteiger partial charge on any atom is 0.326 e. The topological polar surface area (TPSA) is 110 Å². The van der Waals surface area contributed by atoms with Gasteiger partial charge < -0.3 is 15.2 Å². The molecule has 5 rings (SSSR count). The van der Waals surface area contributed by atoms with Crippen LogP contribution in [0.15, 0.2) is 42.0 Å². The second kappa shape index (κ2) is 10.9. The molecule has 0 spiro atoms. The number of aliphatic carboxylic acids is 1. The standard InChI is InChI=1S/C32H41NO6/c1-31-16-14-22(34)19-21(31)8-9-23-24-10-11-27(32(24,2)17-15-25(23)31)39-29(36)13-12-28(35)33-26(30(37)38)18-20-6-4-3-5-7-20/h3-7,19,23-27H,8-18H2,1-2H3,(H,33,35)(H,37,38)/t23-,24-,25-,26+,27+,31-,32-/m0/s1. The third-order valence-corrected chi connectivity index (χ3v) is 10.6. The molecule has 1 aromatic carbocycles. The zero-order valence-electron chi connectivity index (χ0n) is 23.1. The molecule has 7 nitrogen and oxygen atoms in total. The van der Waals surface area contributed by atoms with Gasteiger partial charge in [-0.1, -0.05) is 49.8 Å².